The van der Waals surface area contributed by atoms with E-state index in [4.69, 9.17) is 20.8 Å². The van der Waals surface area contributed by atoms with Crippen molar-refractivity contribution in [2.45, 2.75) is 20.1 Å². The molecular weight excluding hydrogens is 388 g/mol. The number of ether oxygens (including phenoxy) is 1. The molecular formula is C18H17ClN4O5. The molecule has 0 saturated heterocycles. The summed E-state index contributed by atoms with van der Waals surface area (Å²) in [5, 5.41) is 17.8. The molecule has 146 valence electrons. The number of benzene rings is 1. The highest BCUT2D eigenvalue weighted by molar-refractivity contribution is 6.32. The minimum Gasteiger partial charge on any atom is -0.484 e. The van der Waals surface area contributed by atoms with Crippen molar-refractivity contribution in [3.63, 3.8) is 0 Å². The van der Waals surface area contributed by atoms with Crippen LogP contribution < -0.4 is 10.1 Å². The number of aryl methyl sites for hydroxylation is 2. The van der Waals surface area contributed by atoms with Crippen molar-refractivity contribution < 1.29 is 18.9 Å². The maximum absolute atomic E-state index is 12.2. The van der Waals surface area contributed by atoms with Crippen molar-refractivity contribution in [2.75, 3.05) is 0 Å². The molecule has 0 bridgehead atoms. The normalized spacial score (nSPS) is 10.7. The second-order valence-electron chi connectivity index (χ2n) is 6.02. The van der Waals surface area contributed by atoms with E-state index in [9.17, 15) is 14.9 Å². The molecule has 0 fully saturated rings. The fraction of sp³-hybridized carbons (Fsp3) is 0.222. The van der Waals surface area contributed by atoms with E-state index in [2.05, 4.69) is 10.4 Å². The van der Waals surface area contributed by atoms with Gasteiger partial charge in [-0.1, -0.05) is 11.6 Å². The van der Waals surface area contributed by atoms with Crippen LogP contribution in [-0.2, 0) is 20.2 Å². The zero-order valence-corrected chi connectivity index (χ0v) is 15.9. The van der Waals surface area contributed by atoms with Crippen molar-refractivity contribution in [3.8, 4) is 5.75 Å². The van der Waals surface area contributed by atoms with Gasteiger partial charge in [0.25, 0.3) is 11.6 Å². The fourth-order valence-electron chi connectivity index (χ4n) is 2.53. The van der Waals surface area contributed by atoms with Gasteiger partial charge >= 0.3 is 0 Å². The predicted octanol–water partition coefficient (Wildman–Crippen LogP) is 3.39. The molecule has 2 aromatic heterocycles. The molecule has 3 rings (SSSR count). The van der Waals surface area contributed by atoms with Crippen LogP contribution in [0.5, 0.6) is 5.75 Å². The maximum atomic E-state index is 12.2. The van der Waals surface area contributed by atoms with Crippen LogP contribution in [-0.4, -0.2) is 20.6 Å². The number of nitro benzene ring substituents is 1. The van der Waals surface area contributed by atoms with E-state index >= 15 is 0 Å². The number of nitrogens with one attached hydrogen (secondary N) is 1. The number of rotatable bonds is 7. The molecule has 1 aromatic carbocycles. The van der Waals surface area contributed by atoms with Gasteiger partial charge in [-0.15, -0.1) is 0 Å². The van der Waals surface area contributed by atoms with Crippen molar-refractivity contribution in [1.29, 1.82) is 0 Å². The number of nitrogens with zero attached hydrogens (tertiary/aromatic N) is 3. The van der Waals surface area contributed by atoms with E-state index in [1.54, 1.807) is 16.8 Å². The number of non-ortho nitro benzene ring substituents is 1. The van der Waals surface area contributed by atoms with Crippen LogP contribution in [0.2, 0.25) is 5.02 Å². The Kier molecular flexibility index (Phi) is 5.65. The van der Waals surface area contributed by atoms with Gasteiger partial charge in [-0.3, -0.25) is 19.6 Å². The van der Waals surface area contributed by atoms with Gasteiger partial charge in [-0.25, -0.2) is 0 Å². The molecule has 0 saturated carbocycles. The number of carbonyl (C=O) groups is 1. The Balaban J connectivity index is 1.57. The van der Waals surface area contributed by atoms with Crippen LogP contribution in [0, 0.1) is 17.0 Å². The Hall–Kier alpha value is -3.33. The maximum Gasteiger partial charge on any atom is 0.287 e. The van der Waals surface area contributed by atoms with E-state index in [0.717, 1.165) is 11.3 Å². The van der Waals surface area contributed by atoms with Crippen LogP contribution in [0.1, 0.15) is 27.6 Å². The number of nitro groups is 1. The molecule has 0 radical (unpaired) electrons. The van der Waals surface area contributed by atoms with Crippen LogP contribution in [0.4, 0.5) is 5.69 Å². The van der Waals surface area contributed by atoms with Crippen molar-refractivity contribution in [2.24, 2.45) is 7.05 Å². The first-order valence-corrected chi connectivity index (χ1v) is 8.64. The largest absolute Gasteiger partial charge is 0.484 e. The van der Waals surface area contributed by atoms with E-state index in [-0.39, 0.29) is 34.7 Å². The minimum atomic E-state index is -0.542. The molecule has 1 N–H and O–H groups in total. The van der Waals surface area contributed by atoms with Crippen LogP contribution in [0.25, 0.3) is 0 Å². The zero-order valence-electron chi connectivity index (χ0n) is 15.1. The smallest absolute Gasteiger partial charge is 0.287 e. The lowest BCUT2D eigenvalue weighted by Gasteiger charge is -2.06. The average Bonchev–Trinajstić information content (AvgIpc) is 3.24. The van der Waals surface area contributed by atoms with Crippen molar-refractivity contribution in [3.05, 3.63) is 74.4 Å². The second-order valence-corrected chi connectivity index (χ2v) is 6.43. The Bertz CT molecular complexity index is 1030. The third-order valence-corrected chi connectivity index (χ3v) is 4.23. The average molecular weight is 405 g/mol. The standard InChI is InChI=1S/C18H17ClN4O5/c1-11-12(9-22(2)21-11)8-20-18(24)17-6-4-14(28-17)10-27-16-5-3-13(23(25)26)7-15(16)19/h3-7,9H,8,10H2,1-2H3,(H,20,24). The fourth-order valence-corrected chi connectivity index (χ4v) is 2.76. The molecule has 2 heterocycles. The third-order valence-electron chi connectivity index (χ3n) is 3.94. The van der Waals surface area contributed by atoms with Crippen molar-refractivity contribution in [1.82, 2.24) is 15.1 Å². The molecule has 0 aliphatic rings. The van der Waals surface area contributed by atoms with Gasteiger partial charge in [-0.2, -0.15) is 5.10 Å². The Morgan fingerprint density at radius 3 is 2.82 bits per heavy atom. The highest BCUT2D eigenvalue weighted by atomic mass is 35.5. The lowest BCUT2D eigenvalue weighted by atomic mass is 10.2. The summed E-state index contributed by atoms with van der Waals surface area (Å²) in [6.07, 6.45) is 1.84. The van der Waals surface area contributed by atoms with Gasteiger partial charge < -0.3 is 14.5 Å². The summed E-state index contributed by atoms with van der Waals surface area (Å²) < 4.78 is 12.7. The summed E-state index contributed by atoms with van der Waals surface area (Å²) in [6.45, 7) is 2.23. The lowest BCUT2D eigenvalue weighted by molar-refractivity contribution is -0.384. The second kappa shape index (κ2) is 8.13. The molecule has 0 aliphatic heterocycles. The summed E-state index contributed by atoms with van der Waals surface area (Å²) in [5.74, 6) is 0.483. The summed E-state index contributed by atoms with van der Waals surface area (Å²) in [5.41, 5.74) is 1.63. The highest BCUT2D eigenvalue weighted by Crippen LogP contribution is 2.29. The lowest BCUT2D eigenvalue weighted by Crippen LogP contribution is -2.22. The first kappa shape index (κ1) is 19.4. The van der Waals surface area contributed by atoms with Crippen LogP contribution in [0.3, 0.4) is 0 Å². The SMILES string of the molecule is Cc1nn(C)cc1CNC(=O)c1ccc(COc2ccc([N+](=O)[O-])cc2Cl)o1. The van der Waals surface area contributed by atoms with Crippen LogP contribution >= 0.6 is 11.6 Å². The van der Waals surface area contributed by atoms with E-state index in [1.165, 1.54) is 18.2 Å². The third kappa shape index (κ3) is 4.49. The minimum absolute atomic E-state index is 0.0204. The van der Waals surface area contributed by atoms with Gasteiger partial charge in [0.1, 0.15) is 18.1 Å². The predicted molar refractivity (Wildman–Crippen MR) is 100 cm³/mol. The summed E-state index contributed by atoms with van der Waals surface area (Å²) in [7, 11) is 1.81. The number of furan rings is 1. The van der Waals surface area contributed by atoms with Gasteiger partial charge in [0.05, 0.1) is 15.6 Å². The molecule has 28 heavy (non-hydrogen) atoms. The van der Waals surface area contributed by atoms with Gasteiger partial charge in [0.2, 0.25) is 0 Å². The molecule has 3 aromatic rings. The summed E-state index contributed by atoms with van der Waals surface area (Å²) in [6, 6.07) is 7.07. The molecule has 0 atom stereocenters. The number of halogens is 1. The Labute approximate surface area is 165 Å². The first-order valence-electron chi connectivity index (χ1n) is 8.26. The molecule has 0 spiro atoms. The van der Waals surface area contributed by atoms with Crippen LogP contribution in [0.15, 0.2) is 40.9 Å². The van der Waals surface area contributed by atoms with Crippen molar-refractivity contribution >= 4 is 23.2 Å². The quantitative estimate of drug-likeness (QED) is 0.477. The number of hydrogen-bond donors (Lipinski definition) is 1. The molecule has 0 unspecified atom stereocenters. The van der Waals surface area contributed by atoms with E-state index < -0.39 is 4.92 Å². The number of amides is 1. The Morgan fingerprint density at radius 1 is 1.39 bits per heavy atom. The summed E-state index contributed by atoms with van der Waals surface area (Å²) in [4.78, 5) is 22.4. The number of carbonyl (C=O) groups excluding carboxylic acids is 1. The molecule has 0 aliphatic carbocycles. The molecule has 1 amide bonds. The topological polar surface area (TPSA) is 112 Å². The first-order chi connectivity index (χ1) is 13.3. The monoisotopic (exact) mass is 404 g/mol. The highest BCUT2D eigenvalue weighted by Gasteiger charge is 2.14. The number of aromatic nitrogens is 2. The Morgan fingerprint density at radius 2 is 2.18 bits per heavy atom. The summed E-state index contributed by atoms with van der Waals surface area (Å²) >= 11 is 5.98. The van der Waals surface area contributed by atoms with E-state index in [1.807, 2.05) is 20.2 Å². The number of hydrogen-bond acceptors (Lipinski definition) is 6. The molecule has 9 nitrogen and oxygen atoms in total. The molecule has 10 heteroatoms. The van der Waals surface area contributed by atoms with Gasteiger partial charge in [0, 0.05) is 37.5 Å². The van der Waals surface area contributed by atoms with E-state index in [0.29, 0.717) is 12.3 Å². The van der Waals surface area contributed by atoms with Gasteiger partial charge in [-0.05, 0) is 25.1 Å². The van der Waals surface area contributed by atoms with Gasteiger partial charge in [0.15, 0.2) is 5.76 Å². The zero-order chi connectivity index (χ0) is 20.3.